The third-order valence-electron chi connectivity index (χ3n) is 1.94. The number of benzene rings is 1. The highest BCUT2D eigenvalue weighted by Gasteiger charge is 1.99. The van der Waals surface area contributed by atoms with E-state index >= 15 is 0 Å². The highest BCUT2D eigenvalue weighted by Crippen LogP contribution is 2.18. The van der Waals surface area contributed by atoms with Crippen LogP contribution in [0.15, 0.2) is 23.7 Å². The second-order valence-corrected chi connectivity index (χ2v) is 3.95. The molecule has 0 bridgehead atoms. The molecule has 0 spiro atoms. The Balaban J connectivity index is 2.21. The van der Waals surface area contributed by atoms with Crippen LogP contribution >= 0.6 is 11.3 Å². The number of thiazole rings is 1. The molecule has 0 aliphatic heterocycles. The van der Waals surface area contributed by atoms with Gasteiger partial charge in [-0.2, -0.15) is 0 Å². The molecule has 3 nitrogen and oxygen atoms in total. The van der Waals surface area contributed by atoms with E-state index in [1.807, 2.05) is 17.6 Å². The molecular weight excluding hydrogens is 196 g/mol. The van der Waals surface area contributed by atoms with Gasteiger partial charge in [0.1, 0.15) is 0 Å². The summed E-state index contributed by atoms with van der Waals surface area (Å²) in [5.41, 5.74) is 3.95. The number of carbonyl (C=O) groups excluding carboxylic acids is 1. The zero-order chi connectivity index (χ0) is 9.97. The maximum absolute atomic E-state index is 10.7. The number of amides is 1. The van der Waals surface area contributed by atoms with Crippen molar-refractivity contribution in [1.29, 1.82) is 0 Å². The molecule has 0 saturated heterocycles. The summed E-state index contributed by atoms with van der Waals surface area (Å²) in [5.74, 6) is -0.00518. The van der Waals surface area contributed by atoms with Crippen molar-refractivity contribution in [1.82, 2.24) is 10.3 Å². The van der Waals surface area contributed by atoms with E-state index in [1.54, 1.807) is 11.3 Å². The van der Waals surface area contributed by atoms with Gasteiger partial charge in [0.05, 0.1) is 15.7 Å². The lowest BCUT2D eigenvalue weighted by Crippen LogP contribution is -2.18. The molecule has 1 amide bonds. The molecule has 1 aromatic carbocycles. The molecule has 0 atom stereocenters. The first-order valence-electron chi connectivity index (χ1n) is 4.32. The fraction of sp³-hybridized carbons (Fsp3) is 0.200. The fourth-order valence-corrected chi connectivity index (χ4v) is 1.98. The van der Waals surface area contributed by atoms with Crippen LogP contribution in [0.25, 0.3) is 10.2 Å². The normalized spacial score (nSPS) is 10.4. The third-order valence-corrected chi connectivity index (χ3v) is 2.73. The predicted molar refractivity (Wildman–Crippen MR) is 57.1 cm³/mol. The quantitative estimate of drug-likeness (QED) is 0.815. The number of nitrogens with one attached hydrogen (secondary N) is 1. The topological polar surface area (TPSA) is 42.0 Å². The molecule has 0 aliphatic rings. The molecule has 0 aliphatic carbocycles. The molecule has 72 valence electrons. The predicted octanol–water partition coefficient (Wildman–Crippen LogP) is 1.93. The van der Waals surface area contributed by atoms with E-state index in [4.69, 9.17) is 0 Å². The molecule has 2 rings (SSSR count). The lowest BCUT2D eigenvalue weighted by atomic mass is 10.2. The average molecular weight is 206 g/mol. The Bertz CT molecular complexity index is 464. The molecule has 0 radical (unpaired) electrons. The third kappa shape index (κ3) is 1.90. The Hall–Kier alpha value is -1.42. The molecule has 0 unspecified atom stereocenters. The van der Waals surface area contributed by atoms with Crippen molar-refractivity contribution in [3.63, 3.8) is 0 Å². The van der Waals surface area contributed by atoms with E-state index in [-0.39, 0.29) is 5.91 Å². The molecule has 0 saturated carbocycles. The Morgan fingerprint density at radius 2 is 2.43 bits per heavy atom. The summed E-state index contributed by atoms with van der Waals surface area (Å²) in [6.45, 7) is 2.11. The van der Waals surface area contributed by atoms with E-state index in [2.05, 4.69) is 16.4 Å². The molecule has 14 heavy (non-hydrogen) atoms. The fourth-order valence-electron chi connectivity index (χ4n) is 1.24. The summed E-state index contributed by atoms with van der Waals surface area (Å²) in [5, 5.41) is 2.76. The highest BCUT2D eigenvalue weighted by atomic mass is 32.1. The van der Waals surface area contributed by atoms with Crippen molar-refractivity contribution in [2.24, 2.45) is 0 Å². The second-order valence-electron chi connectivity index (χ2n) is 3.06. The minimum absolute atomic E-state index is 0.00518. The van der Waals surface area contributed by atoms with Crippen molar-refractivity contribution < 1.29 is 4.79 Å². The van der Waals surface area contributed by atoms with Gasteiger partial charge < -0.3 is 5.32 Å². The highest BCUT2D eigenvalue weighted by molar-refractivity contribution is 7.16. The number of rotatable bonds is 2. The van der Waals surface area contributed by atoms with Crippen LogP contribution < -0.4 is 5.32 Å². The molecule has 1 N–H and O–H groups in total. The number of carbonyl (C=O) groups is 1. The maximum Gasteiger partial charge on any atom is 0.217 e. The smallest absolute Gasteiger partial charge is 0.217 e. The summed E-state index contributed by atoms with van der Waals surface area (Å²) < 4.78 is 1.16. The SMILES string of the molecule is CC(=O)NCc1ccc2ncsc2c1. The van der Waals surface area contributed by atoms with E-state index in [0.717, 1.165) is 15.8 Å². The van der Waals surface area contributed by atoms with Crippen molar-refractivity contribution in [2.75, 3.05) is 0 Å². The van der Waals surface area contributed by atoms with Crippen molar-refractivity contribution in [3.05, 3.63) is 29.3 Å². The molecular formula is C10H10N2OS. The van der Waals surface area contributed by atoms with Gasteiger partial charge in [0.25, 0.3) is 0 Å². The van der Waals surface area contributed by atoms with Gasteiger partial charge in [0, 0.05) is 13.5 Å². The number of hydrogen-bond donors (Lipinski definition) is 1. The van der Waals surface area contributed by atoms with Gasteiger partial charge >= 0.3 is 0 Å². The number of hydrogen-bond acceptors (Lipinski definition) is 3. The van der Waals surface area contributed by atoms with Crippen molar-refractivity contribution >= 4 is 27.5 Å². The number of nitrogens with zero attached hydrogens (tertiary/aromatic N) is 1. The van der Waals surface area contributed by atoms with Crippen LogP contribution in [0.2, 0.25) is 0 Å². The van der Waals surface area contributed by atoms with Gasteiger partial charge in [0.2, 0.25) is 5.91 Å². The standard InChI is InChI=1S/C10H10N2OS/c1-7(13)11-5-8-2-3-9-10(4-8)14-6-12-9/h2-4,6H,5H2,1H3,(H,11,13). The summed E-state index contributed by atoms with van der Waals surface area (Å²) in [4.78, 5) is 14.9. The lowest BCUT2D eigenvalue weighted by molar-refractivity contribution is -0.119. The minimum atomic E-state index is -0.00518. The summed E-state index contributed by atoms with van der Waals surface area (Å²) in [6, 6.07) is 6.02. The van der Waals surface area contributed by atoms with Gasteiger partial charge in [0.15, 0.2) is 0 Å². The first kappa shape index (κ1) is 9.15. The first-order valence-corrected chi connectivity index (χ1v) is 5.20. The largest absolute Gasteiger partial charge is 0.352 e. The van der Waals surface area contributed by atoms with Crippen LogP contribution in [0.5, 0.6) is 0 Å². The van der Waals surface area contributed by atoms with Crippen LogP contribution in [-0.4, -0.2) is 10.9 Å². The Morgan fingerprint density at radius 3 is 3.21 bits per heavy atom. The second kappa shape index (κ2) is 3.75. The summed E-state index contributed by atoms with van der Waals surface area (Å²) >= 11 is 1.61. The van der Waals surface area contributed by atoms with Crippen LogP contribution in [-0.2, 0) is 11.3 Å². The molecule has 2 aromatic rings. The van der Waals surface area contributed by atoms with Crippen molar-refractivity contribution in [2.45, 2.75) is 13.5 Å². The maximum atomic E-state index is 10.7. The Kier molecular flexibility index (Phi) is 2.45. The lowest BCUT2D eigenvalue weighted by Gasteiger charge is -2.01. The zero-order valence-electron chi connectivity index (χ0n) is 7.78. The van der Waals surface area contributed by atoms with E-state index in [1.165, 1.54) is 6.92 Å². The monoisotopic (exact) mass is 206 g/mol. The van der Waals surface area contributed by atoms with Gasteiger partial charge in [-0.1, -0.05) is 6.07 Å². The molecule has 1 heterocycles. The van der Waals surface area contributed by atoms with Crippen LogP contribution in [0.4, 0.5) is 0 Å². The summed E-state index contributed by atoms with van der Waals surface area (Å²) in [6.07, 6.45) is 0. The molecule has 0 fully saturated rings. The Labute approximate surface area is 85.8 Å². The number of aromatic nitrogens is 1. The van der Waals surface area contributed by atoms with Crippen LogP contribution in [0.3, 0.4) is 0 Å². The van der Waals surface area contributed by atoms with Gasteiger partial charge in [-0.15, -0.1) is 11.3 Å². The van der Waals surface area contributed by atoms with Crippen LogP contribution in [0, 0.1) is 0 Å². The average Bonchev–Trinajstić information content (AvgIpc) is 2.61. The van der Waals surface area contributed by atoms with Crippen molar-refractivity contribution in [3.8, 4) is 0 Å². The van der Waals surface area contributed by atoms with Gasteiger partial charge in [-0.3, -0.25) is 4.79 Å². The van der Waals surface area contributed by atoms with Crippen LogP contribution in [0.1, 0.15) is 12.5 Å². The van der Waals surface area contributed by atoms with Gasteiger partial charge in [-0.25, -0.2) is 4.98 Å². The minimum Gasteiger partial charge on any atom is -0.352 e. The summed E-state index contributed by atoms with van der Waals surface area (Å²) in [7, 11) is 0. The zero-order valence-corrected chi connectivity index (χ0v) is 8.60. The first-order chi connectivity index (χ1) is 6.75. The van der Waals surface area contributed by atoms with E-state index in [9.17, 15) is 4.79 Å². The number of fused-ring (bicyclic) bond motifs is 1. The molecule has 1 aromatic heterocycles. The van der Waals surface area contributed by atoms with E-state index < -0.39 is 0 Å². The van der Waals surface area contributed by atoms with Gasteiger partial charge in [-0.05, 0) is 17.7 Å². The molecule has 4 heteroatoms. The van der Waals surface area contributed by atoms with E-state index in [0.29, 0.717) is 6.54 Å². The Morgan fingerprint density at radius 1 is 1.57 bits per heavy atom.